The van der Waals surface area contributed by atoms with E-state index in [0.29, 0.717) is 16.9 Å². The number of ether oxygens (including phenoxy) is 1. The van der Waals surface area contributed by atoms with Gasteiger partial charge in [-0.05, 0) is 42.0 Å². The lowest BCUT2D eigenvalue weighted by Crippen LogP contribution is -2.28. The standard InChI is InChI=1S/C21H25FO4/c1-21(2,17-12-16(22)9-10-19(17)26-3)13-15(20(24)25)11-18(23)14-7-5-4-6-8-14/h4-10,12,15,18,23H,11,13H2,1-3H3,(H,24,25). The number of carboxylic acids is 1. The summed E-state index contributed by atoms with van der Waals surface area (Å²) in [5.41, 5.74) is 0.646. The molecule has 0 saturated carbocycles. The molecule has 0 bridgehead atoms. The second kappa shape index (κ2) is 8.32. The Morgan fingerprint density at radius 3 is 2.42 bits per heavy atom. The predicted molar refractivity (Wildman–Crippen MR) is 97.7 cm³/mol. The van der Waals surface area contributed by atoms with E-state index >= 15 is 0 Å². The zero-order chi connectivity index (χ0) is 19.3. The molecule has 4 nitrogen and oxygen atoms in total. The van der Waals surface area contributed by atoms with Gasteiger partial charge in [-0.2, -0.15) is 0 Å². The molecule has 5 heteroatoms. The van der Waals surface area contributed by atoms with Crippen molar-refractivity contribution in [2.45, 2.75) is 38.2 Å². The number of aliphatic hydroxyl groups is 1. The van der Waals surface area contributed by atoms with Crippen molar-refractivity contribution < 1.29 is 24.1 Å². The van der Waals surface area contributed by atoms with Gasteiger partial charge in [0.05, 0.1) is 19.1 Å². The topological polar surface area (TPSA) is 66.8 Å². The molecule has 2 unspecified atom stereocenters. The van der Waals surface area contributed by atoms with Gasteiger partial charge >= 0.3 is 5.97 Å². The van der Waals surface area contributed by atoms with Crippen LogP contribution in [-0.4, -0.2) is 23.3 Å². The number of hydrogen-bond donors (Lipinski definition) is 2. The fraction of sp³-hybridized carbons (Fsp3) is 0.381. The Kier molecular flexibility index (Phi) is 6.37. The molecule has 0 spiro atoms. The lowest BCUT2D eigenvalue weighted by molar-refractivity contribution is -0.143. The van der Waals surface area contributed by atoms with Crippen molar-refractivity contribution in [2.24, 2.45) is 5.92 Å². The van der Waals surface area contributed by atoms with Gasteiger partial charge in [0.1, 0.15) is 11.6 Å². The van der Waals surface area contributed by atoms with Crippen LogP contribution in [0.1, 0.15) is 43.9 Å². The molecule has 2 aromatic rings. The highest BCUT2D eigenvalue weighted by atomic mass is 19.1. The molecule has 0 aliphatic heterocycles. The molecular weight excluding hydrogens is 335 g/mol. The Labute approximate surface area is 153 Å². The summed E-state index contributed by atoms with van der Waals surface area (Å²) in [6.07, 6.45) is -0.547. The quantitative estimate of drug-likeness (QED) is 0.735. The number of carbonyl (C=O) groups is 1. The first kappa shape index (κ1) is 19.9. The SMILES string of the molecule is COc1ccc(F)cc1C(C)(C)CC(CC(O)c1ccccc1)C(=O)O. The van der Waals surface area contributed by atoms with Crippen LogP contribution in [0.2, 0.25) is 0 Å². The first-order valence-electron chi connectivity index (χ1n) is 8.54. The third kappa shape index (κ3) is 4.82. The van der Waals surface area contributed by atoms with Crippen LogP contribution in [0.15, 0.2) is 48.5 Å². The van der Waals surface area contributed by atoms with Crippen molar-refractivity contribution in [3.63, 3.8) is 0 Å². The van der Waals surface area contributed by atoms with Crippen LogP contribution in [0.5, 0.6) is 5.75 Å². The summed E-state index contributed by atoms with van der Waals surface area (Å²) >= 11 is 0. The van der Waals surface area contributed by atoms with E-state index < -0.39 is 29.2 Å². The molecule has 2 N–H and O–H groups in total. The molecule has 0 amide bonds. The molecule has 2 rings (SSSR count). The minimum absolute atomic E-state index is 0.0837. The summed E-state index contributed by atoms with van der Waals surface area (Å²) < 4.78 is 19.0. The molecule has 0 aromatic heterocycles. The Morgan fingerprint density at radius 2 is 1.85 bits per heavy atom. The van der Waals surface area contributed by atoms with Crippen LogP contribution >= 0.6 is 0 Å². The number of benzene rings is 2. The van der Waals surface area contributed by atoms with Crippen molar-refractivity contribution in [3.8, 4) is 5.75 Å². The van der Waals surface area contributed by atoms with Gasteiger partial charge in [-0.1, -0.05) is 44.2 Å². The maximum atomic E-state index is 13.7. The maximum absolute atomic E-state index is 13.7. The molecular formula is C21H25FO4. The zero-order valence-corrected chi connectivity index (χ0v) is 15.3. The molecule has 0 aliphatic carbocycles. The second-order valence-corrected chi connectivity index (χ2v) is 7.13. The number of carboxylic acid groups (broad SMARTS) is 1. The fourth-order valence-electron chi connectivity index (χ4n) is 3.29. The highest BCUT2D eigenvalue weighted by Crippen LogP contribution is 2.39. The van der Waals surface area contributed by atoms with E-state index in [4.69, 9.17) is 4.74 Å². The summed E-state index contributed by atoms with van der Waals surface area (Å²) in [6, 6.07) is 13.2. The summed E-state index contributed by atoms with van der Waals surface area (Å²) in [5.74, 6) is -1.65. The summed E-state index contributed by atoms with van der Waals surface area (Å²) in [6.45, 7) is 3.71. The largest absolute Gasteiger partial charge is 0.496 e. The fourth-order valence-corrected chi connectivity index (χ4v) is 3.29. The predicted octanol–water partition coefficient (Wildman–Crippen LogP) is 4.33. The van der Waals surface area contributed by atoms with E-state index in [2.05, 4.69) is 0 Å². The van der Waals surface area contributed by atoms with Crippen molar-refractivity contribution in [1.82, 2.24) is 0 Å². The van der Waals surface area contributed by atoms with Crippen molar-refractivity contribution in [1.29, 1.82) is 0 Å². The first-order valence-corrected chi connectivity index (χ1v) is 8.54. The lowest BCUT2D eigenvalue weighted by Gasteiger charge is -2.30. The van der Waals surface area contributed by atoms with Crippen LogP contribution < -0.4 is 4.74 Å². The van der Waals surface area contributed by atoms with Crippen LogP contribution in [-0.2, 0) is 10.2 Å². The molecule has 0 radical (unpaired) electrons. The van der Waals surface area contributed by atoms with Gasteiger partial charge in [0.15, 0.2) is 0 Å². The van der Waals surface area contributed by atoms with Crippen molar-refractivity contribution in [3.05, 3.63) is 65.5 Å². The minimum atomic E-state index is -0.983. The van der Waals surface area contributed by atoms with Gasteiger partial charge in [0, 0.05) is 5.56 Å². The molecule has 0 heterocycles. The molecule has 2 atom stereocenters. The smallest absolute Gasteiger partial charge is 0.306 e. The van der Waals surface area contributed by atoms with E-state index in [1.807, 2.05) is 19.9 Å². The number of rotatable bonds is 8. The number of hydrogen-bond acceptors (Lipinski definition) is 3. The summed E-state index contributed by atoms with van der Waals surface area (Å²) in [7, 11) is 1.50. The Morgan fingerprint density at radius 1 is 1.19 bits per heavy atom. The van der Waals surface area contributed by atoms with E-state index in [1.165, 1.54) is 19.2 Å². The van der Waals surface area contributed by atoms with Gasteiger partial charge in [0.2, 0.25) is 0 Å². The monoisotopic (exact) mass is 360 g/mol. The van der Waals surface area contributed by atoms with Crippen molar-refractivity contribution in [2.75, 3.05) is 7.11 Å². The van der Waals surface area contributed by atoms with E-state index in [0.717, 1.165) is 0 Å². The van der Waals surface area contributed by atoms with Crippen LogP contribution in [0.3, 0.4) is 0 Å². The van der Waals surface area contributed by atoms with Crippen LogP contribution in [0.25, 0.3) is 0 Å². The lowest BCUT2D eigenvalue weighted by atomic mass is 9.75. The van der Waals surface area contributed by atoms with Gasteiger partial charge < -0.3 is 14.9 Å². The number of aliphatic hydroxyl groups excluding tert-OH is 1. The van der Waals surface area contributed by atoms with Gasteiger partial charge in [-0.3, -0.25) is 4.79 Å². The second-order valence-electron chi connectivity index (χ2n) is 7.13. The van der Waals surface area contributed by atoms with Crippen LogP contribution in [0.4, 0.5) is 4.39 Å². The molecule has 2 aromatic carbocycles. The highest BCUT2D eigenvalue weighted by molar-refractivity contribution is 5.70. The summed E-state index contributed by atoms with van der Waals surface area (Å²) in [5, 5.41) is 20.0. The minimum Gasteiger partial charge on any atom is -0.496 e. The molecule has 26 heavy (non-hydrogen) atoms. The third-order valence-electron chi connectivity index (χ3n) is 4.69. The van der Waals surface area contributed by atoms with Gasteiger partial charge in [0.25, 0.3) is 0 Å². The molecule has 0 aliphatic rings. The van der Waals surface area contributed by atoms with Gasteiger partial charge in [-0.25, -0.2) is 4.39 Å². The normalized spacial score (nSPS) is 13.9. The Hall–Kier alpha value is -2.40. The van der Waals surface area contributed by atoms with Crippen LogP contribution in [0, 0.1) is 11.7 Å². The first-order chi connectivity index (χ1) is 12.2. The molecule has 140 valence electrons. The average Bonchev–Trinajstić information content (AvgIpc) is 2.61. The number of methoxy groups -OCH3 is 1. The Bertz CT molecular complexity index is 743. The van der Waals surface area contributed by atoms with E-state index in [1.54, 1.807) is 30.3 Å². The highest BCUT2D eigenvalue weighted by Gasteiger charge is 2.33. The van der Waals surface area contributed by atoms with Gasteiger partial charge in [-0.15, -0.1) is 0 Å². The van der Waals surface area contributed by atoms with Crippen molar-refractivity contribution >= 4 is 5.97 Å². The number of halogens is 1. The molecule has 0 fully saturated rings. The molecule has 0 saturated heterocycles. The average molecular weight is 360 g/mol. The van der Waals surface area contributed by atoms with E-state index in [-0.39, 0.29) is 12.8 Å². The maximum Gasteiger partial charge on any atom is 0.306 e. The Balaban J connectivity index is 2.23. The number of aliphatic carboxylic acids is 1. The zero-order valence-electron chi connectivity index (χ0n) is 15.3. The third-order valence-corrected chi connectivity index (χ3v) is 4.69. The summed E-state index contributed by atoms with van der Waals surface area (Å²) in [4.78, 5) is 11.8. The van der Waals surface area contributed by atoms with E-state index in [9.17, 15) is 19.4 Å².